The van der Waals surface area contributed by atoms with E-state index in [1.54, 1.807) is 23.0 Å². The second kappa shape index (κ2) is 8.07. The molecule has 3 aromatic rings. The monoisotopic (exact) mass is 441 g/mol. The zero-order valence-electron chi connectivity index (χ0n) is 16.8. The third kappa shape index (κ3) is 3.74. The van der Waals surface area contributed by atoms with E-state index >= 15 is 0 Å². The number of hydrogen-bond acceptors (Lipinski definition) is 6. The van der Waals surface area contributed by atoms with E-state index in [4.69, 9.17) is 9.72 Å². The molecule has 0 bridgehead atoms. The van der Waals surface area contributed by atoms with Gasteiger partial charge < -0.3 is 10.1 Å². The topological polar surface area (TPSA) is 73.2 Å². The van der Waals surface area contributed by atoms with Gasteiger partial charge in [-0.15, -0.1) is 11.3 Å². The van der Waals surface area contributed by atoms with Crippen LogP contribution >= 0.6 is 23.1 Å². The van der Waals surface area contributed by atoms with E-state index in [-0.39, 0.29) is 17.2 Å². The smallest absolute Gasteiger partial charge is 0.267 e. The Labute approximate surface area is 182 Å². The quantitative estimate of drug-likeness (QED) is 0.466. The van der Waals surface area contributed by atoms with Crippen molar-refractivity contribution >= 4 is 39.2 Å². The van der Waals surface area contributed by atoms with E-state index in [9.17, 15) is 9.59 Å². The molecular formula is C22H23N3O3S2. The number of benzene rings is 1. The minimum absolute atomic E-state index is 0.0106. The van der Waals surface area contributed by atoms with Gasteiger partial charge in [0.1, 0.15) is 10.6 Å². The molecule has 2 aliphatic rings. The van der Waals surface area contributed by atoms with Gasteiger partial charge in [-0.25, -0.2) is 4.98 Å². The van der Waals surface area contributed by atoms with Crippen LogP contribution in [0.1, 0.15) is 36.1 Å². The van der Waals surface area contributed by atoms with E-state index in [0.29, 0.717) is 11.2 Å². The molecule has 30 heavy (non-hydrogen) atoms. The van der Waals surface area contributed by atoms with Gasteiger partial charge in [0.2, 0.25) is 5.91 Å². The third-order valence-electron chi connectivity index (χ3n) is 5.56. The second-order valence-electron chi connectivity index (χ2n) is 7.75. The van der Waals surface area contributed by atoms with Gasteiger partial charge in [0.05, 0.1) is 23.9 Å². The number of carbonyl (C=O) groups excluding carboxylic acids is 1. The third-order valence-corrected chi connectivity index (χ3v) is 7.69. The summed E-state index contributed by atoms with van der Waals surface area (Å²) in [5.74, 6) is 0.964. The number of carbonyl (C=O) groups is 1. The summed E-state index contributed by atoms with van der Waals surface area (Å²) in [6.07, 6.45) is 6.33. The summed E-state index contributed by atoms with van der Waals surface area (Å²) in [7, 11) is 1.62. The zero-order valence-corrected chi connectivity index (χ0v) is 18.4. The van der Waals surface area contributed by atoms with Gasteiger partial charge in [-0.05, 0) is 68.4 Å². The molecule has 1 fully saturated rings. The van der Waals surface area contributed by atoms with Crippen molar-refractivity contribution in [3.8, 4) is 11.4 Å². The minimum atomic E-state index is -0.0466. The van der Waals surface area contributed by atoms with E-state index in [1.807, 2.05) is 24.3 Å². The first-order valence-electron chi connectivity index (χ1n) is 10.3. The average Bonchev–Trinajstić information content (AvgIpc) is 3.49. The lowest BCUT2D eigenvalue weighted by atomic mass is 9.97. The summed E-state index contributed by atoms with van der Waals surface area (Å²) in [5, 5.41) is 4.31. The number of ether oxygens (including phenoxy) is 1. The van der Waals surface area contributed by atoms with Crippen LogP contribution in [-0.4, -0.2) is 34.4 Å². The van der Waals surface area contributed by atoms with Crippen LogP contribution in [0.4, 0.5) is 0 Å². The van der Waals surface area contributed by atoms with Crippen LogP contribution in [0.5, 0.6) is 5.75 Å². The van der Waals surface area contributed by atoms with Crippen LogP contribution in [0.3, 0.4) is 0 Å². The highest BCUT2D eigenvalue weighted by Gasteiger charge is 2.25. The number of nitrogens with zero attached hydrogens (tertiary/aromatic N) is 2. The zero-order chi connectivity index (χ0) is 20.7. The number of amides is 1. The SMILES string of the molecule is COc1ccc(-n2c(SCC(=O)NC3CC3)nc3sc4c(c3c2=O)CCCC4)cc1. The average molecular weight is 442 g/mol. The van der Waals surface area contributed by atoms with Crippen LogP contribution in [0, 0.1) is 0 Å². The van der Waals surface area contributed by atoms with Gasteiger partial charge in [-0.2, -0.15) is 0 Å². The Hall–Kier alpha value is -2.32. The van der Waals surface area contributed by atoms with Gasteiger partial charge in [0, 0.05) is 10.9 Å². The summed E-state index contributed by atoms with van der Waals surface area (Å²) in [6.45, 7) is 0. The van der Waals surface area contributed by atoms with Crippen LogP contribution in [0.2, 0.25) is 0 Å². The van der Waals surface area contributed by atoms with Gasteiger partial charge in [-0.1, -0.05) is 11.8 Å². The second-order valence-corrected chi connectivity index (χ2v) is 9.78. The number of fused-ring (bicyclic) bond motifs is 3. The Morgan fingerprint density at radius 1 is 1.27 bits per heavy atom. The van der Waals surface area contributed by atoms with E-state index in [1.165, 1.54) is 22.2 Å². The molecule has 0 unspecified atom stereocenters. The first kappa shape index (κ1) is 19.6. The molecule has 1 N–H and O–H groups in total. The molecule has 0 spiro atoms. The summed E-state index contributed by atoms with van der Waals surface area (Å²) < 4.78 is 6.91. The Bertz CT molecular complexity index is 1160. The van der Waals surface area contributed by atoms with E-state index < -0.39 is 0 Å². The maximum absolute atomic E-state index is 13.7. The van der Waals surface area contributed by atoms with E-state index in [0.717, 1.165) is 60.2 Å². The number of aromatic nitrogens is 2. The number of thiophene rings is 1. The highest BCUT2D eigenvalue weighted by molar-refractivity contribution is 7.99. The van der Waals surface area contributed by atoms with E-state index in [2.05, 4.69) is 5.32 Å². The first-order chi connectivity index (χ1) is 14.6. The molecule has 0 saturated heterocycles. The molecule has 5 rings (SSSR count). The number of aryl methyl sites for hydroxylation is 2. The Morgan fingerprint density at radius 2 is 2.03 bits per heavy atom. The van der Waals surface area contributed by atoms with Gasteiger partial charge >= 0.3 is 0 Å². The number of rotatable bonds is 6. The lowest BCUT2D eigenvalue weighted by Gasteiger charge is -2.14. The van der Waals surface area contributed by atoms with Crippen LogP contribution < -0.4 is 15.6 Å². The van der Waals surface area contributed by atoms with Crippen molar-refractivity contribution in [2.75, 3.05) is 12.9 Å². The normalized spacial score (nSPS) is 15.8. The van der Waals surface area contributed by atoms with Gasteiger partial charge in [0.25, 0.3) is 5.56 Å². The highest BCUT2D eigenvalue weighted by atomic mass is 32.2. The fraction of sp³-hybridized carbons (Fsp3) is 0.409. The molecule has 1 aromatic carbocycles. The predicted molar refractivity (Wildman–Crippen MR) is 120 cm³/mol. The standard InChI is InChI=1S/C22H23N3O3S2/c1-28-15-10-8-14(9-11-15)25-21(27)19-16-4-2-3-5-17(16)30-20(19)24-22(25)29-12-18(26)23-13-6-7-13/h8-11,13H,2-7,12H2,1H3,(H,23,26). The summed E-state index contributed by atoms with van der Waals surface area (Å²) in [5.41, 5.74) is 1.86. The molecule has 6 nitrogen and oxygen atoms in total. The number of nitrogens with one attached hydrogen (secondary N) is 1. The van der Waals surface area contributed by atoms with Crippen LogP contribution in [0.15, 0.2) is 34.2 Å². The summed E-state index contributed by atoms with van der Waals surface area (Å²) in [4.78, 5) is 32.8. The van der Waals surface area contributed by atoms with Crippen molar-refractivity contribution < 1.29 is 9.53 Å². The Morgan fingerprint density at radius 3 is 2.77 bits per heavy atom. The Kier molecular flexibility index (Phi) is 5.28. The van der Waals surface area contributed by atoms with Gasteiger partial charge in [0.15, 0.2) is 5.16 Å². The number of methoxy groups -OCH3 is 1. The minimum Gasteiger partial charge on any atom is -0.497 e. The molecule has 0 radical (unpaired) electrons. The van der Waals surface area contributed by atoms with Crippen molar-refractivity contribution in [1.29, 1.82) is 0 Å². The van der Waals surface area contributed by atoms with Crippen molar-refractivity contribution in [3.05, 3.63) is 45.1 Å². The lowest BCUT2D eigenvalue weighted by molar-refractivity contribution is -0.118. The molecule has 8 heteroatoms. The fourth-order valence-electron chi connectivity index (χ4n) is 3.87. The molecule has 2 heterocycles. The summed E-state index contributed by atoms with van der Waals surface area (Å²) >= 11 is 2.95. The van der Waals surface area contributed by atoms with Crippen LogP contribution in [0.25, 0.3) is 15.9 Å². The predicted octanol–water partition coefficient (Wildman–Crippen LogP) is 3.71. The molecule has 2 aromatic heterocycles. The maximum atomic E-state index is 13.7. The molecule has 2 aliphatic carbocycles. The van der Waals surface area contributed by atoms with Crippen molar-refractivity contribution in [3.63, 3.8) is 0 Å². The molecule has 0 atom stereocenters. The molecule has 1 saturated carbocycles. The fourth-order valence-corrected chi connectivity index (χ4v) is 6.00. The largest absolute Gasteiger partial charge is 0.497 e. The van der Waals surface area contributed by atoms with Crippen molar-refractivity contribution in [2.24, 2.45) is 0 Å². The van der Waals surface area contributed by atoms with Crippen LogP contribution in [-0.2, 0) is 17.6 Å². The molecule has 156 valence electrons. The summed E-state index contributed by atoms with van der Waals surface area (Å²) in [6, 6.07) is 7.72. The lowest BCUT2D eigenvalue weighted by Crippen LogP contribution is -2.28. The van der Waals surface area contributed by atoms with Gasteiger partial charge in [-0.3, -0.25) is 14.2 Å². The molecular weight excluding hydrogens is 418 g/mol. The van der Waals surface area contributed by atoms with Crippen molar-refractivity contribution in [1.82, 2.24) is 14.9 Å². The maximum Gasteiger partial charge on any atom is 0.267 e. The first-order valence-corrected chi connectivity index (χ1v) is 12.1. The molecule has 0 aliphatic heterocycles. The number of thioether (sulfide) groups is 1. The Balaban J connectivity index is 1.59. The number of hydrogen-bond donors (Lipinski definition) is 1. The van der Waals surface area contributed by atoms with Crippen molar-refractivity contribution in [2.45, 2.75) is 49.7 Å². The highest BCUT2D eigenvalue weighted by Crippen LogP contribution is 2.35. The molecule has 1 amide bonds.